The van der Waals surface area contributed by atoms with Gasteiger partial charge in [0.2, 0.25) is 5.91 Å². The Morgan fingerprint density at radius 1 is 1.36 bits per heavy atom. The molecule has 0 saturated heterocycles. The third kappa shape index (κ3) is 2.31. The van der Waals surface area contributed by atoms with Gasteiger partial charge in [0, 0.05) is 0 Å². The summed E-state index contributed by atoms with van der Waals surface area (Å²) in [5.74, 6) is -1.07. The highest BCUT2D eigenvalue weighted by Gasteiger charge is 2.52. The van der Waals surface area contributed by atoms with E-state index in [0.717, 1.165) is 0 Å². The Labute approximate surface area is 81.8 Å². The van der Waals surface area contributed by atoms with Gasteiger partial charge in [-0.2, -0.15) is 0 Å². The van der Waals surface area contributed by atoms with Crippen LogP contribution >= 0.6 is 0 Å². The van der Waals surface area contributed by atoms with Crippen molar-refractivity contribution in [2.24, 2.45) is 0 Å². The molecule has 0 spiro atoms. The zero-order chi connectivity index (χ0) is 10.8. The molecule has 0 aromatic rings. The first kappa shape index (κ1) is 10.7. The van der Waals surface area contributed by atoms with Gasteiger partial charge in [0.1, 0.15) is 11.3 Å². The molecule has 5 nitrogen and oxygen atoms in total. The third-order valence-electron chi connectivity index (χ3n) is 2.11. The lowest BCUT2D eigenvalue weighted by Gasteiger charge is -2.13. The van der Waals surface area contributed by atoms with E-state index in [2.05, 4.69) is 10.1 Å². The van der Waals surface area contributed by atoms with E-state index < -0.39 is 17.4 Å². The number of hydrogen-bond donors (Lipinski definition) is 1. The lowest BCUT2D eigenvalue weighted by molar-refractivity contribution is -0.146. The maximum atomic E-state index is 11.2. The van der Waals surface area contributed by atoms with Gasteiger partial charge in [0.15, 0.2) is 0 Å². The summed E-state index contributed by atoms with van der Waals surface area (Å²) >= 11 is 0. The first-order valence-electron chi connectivity index (χ1n) is 4.39. The molecule has 0 heterocycles. The van der Waals surface area contributed by atoms with Crippen LogP contribution in [0.5, 0.6) is 0 Å². The molecule has 1 N–H and O–H groups in total. The van der Waals surface area contributed by atoms with Crippen LogP contribution in [0.4, 0.5) is 0 Å². The van der Waals surface area contributed by atoms with Gasteiger partial charge in [0.25, 0.3) is 0 Å². The molecule has 78 valence electrons. The zero-order valence-corrected chi connectivity index (χ0v) is 8.25. The normalized spacial score (nSPS) is 17.0. The molecule has 0 unspecified atom stereocenters. The number of methoxy groups -OCH3 is 1. The fourth-order valence-corrected chi connectivity index (χ4v) is 1.24. The Bertz CT molecular complexity index is 281. The van der Waals surface area contributed by atoms with Crippen molar-refractivity contribution in [2.45, 2.75) is 31.7 Å². The van der Waals surface area contributed by atoms with Gasteiger partial charge in [-0.15, -0.1) is 0 Å². The summed E-state index contributed by atoms with van der Waals surface area (Å²) in [6, 6.07) is 0. The van der Waals surface area contributed by atoms with Crippen molar-refractivity contribution in [1.82, 2.24) is 5.32 Å². The van der Waals surface area contributed by atoms with Crippen LogP contribution in [-0.4, -0.2) is 30.3 Å². The number of carbonyl (C=O) groups excluding carboxylic acids is 3. The molecular formula is C9H13NO4. The van der Waals surface area contributed by atoms with Crippen molar-refractivity contribution in [3.63, 3.8) is 0 Å². The Kier molecular flexibility index (Phi) is 2.88. The second kappa shape index (κ2) is 3.77. The molecule has 1 saturated carbocycles. The first-order valence-corrected chi connectivity index (χ1v) is 4.39. The number of nitrogens with one attached hydrogen (secondary N) is 1. The standard InChI is InChI=1S/C9H13NO4/c1-6(11)5-7(12)10-9(3-4-9)8(13)14-2/h3-5H2,1-2H3,(H,10,12). The fourth-order valence-electron chi connectivity index (χ4n) is 1.24. The van der Waals surface area contributed by atoms with Crippen molar-refractivity contribution in [3.05, 3.63) is 0 Å². The van der Waals surface area contributed by atoms with Crippen LogP contribution in [0.1, 0.15) is 26.2 Å². The number of carbonyl (C=O) groups is 3. The summed E-state index contributed by atoms with van der Waals surface area (Å²) in [6.07, 6.45) is 0.991. The van der Waals surface area contributed by atoms with E-state index in [-0.39, 0.29) is 12.2 Å². The topological polar surface area (TPSA) is 72.5 Å². The van der Waals surface area contributed by atoms with Crippen molar-refractivity contribution < 1.29 is 19.1 Å². The molecule has 1 aliphatic rings. The molecule has 1 aliphatic carbocycles. The highest BCUT2D eigenvalue weighted by Crippen LogP contribution is 2.36. The van der Waals surface area contributed by atoms with E-state index in [0.29, 0.717) is 12.8 Å². The maximum absolute atomic E-state index is 11.2. The molecule has 14 heavy (non-hydrogen) atoms. The van der Waals surface area contributed by atoms with Crippen LogP contribution in [0.25, 0.3) is 0 Å². The van der Waals surface area contributed by atoms with Gasteiger partial charge in [-0.25, -0.2) is 4.79 Å². The molecule has 0 aromatic heterocycles. The van der Waals surface area contributed by atoms with Crippen LogP contribution in [0.15, 0.2) is 0 Å². The highest BCUT2D eigenvalue weighted by molar-refractivity contribution is 5.99. The molecule has 1 rings (SSSR count). The molecule has 0 bridgehead atoms. The Hall–Kier alpha value is -1.39. The Morgan fingerprint density at radius 2 is 1.93 bits per heavy atom. The number of hydrogen-bond acceptors (Lipinski definition) is 4. The van der Waals surface area contributed by atoms with Crippen molar-refractivity contribution in [2.75, 3.05) is 7.11 Å². The maximum Gasteiger partial charge on any atom is 0.331 e. The number of rotatable bonds is 4. The van der Waals surface area contributed by atoms with Gasteiger partial charge in [-0.1, -0.05) is 0 Å². The summed E-state index contributed by atoms with van der Waals surface area (Å²) in [7, 11) is 1.28. The van der Waals surface area contributed by atoms with Crippen molar-refractivity contribution >= 4 is 17.7 Å². The summed E-state index contributed by atoms with van der Waals surface area (Å²) in [6.45, 7) is 1.33. The fraction of sp³-hybridized carbons (Fsp3) is 0.667. The Balaban J connectivity index is 2.48. The lowest BCUT2D eigenvalue weighted by Crippen LogP contribution is -2.44. The van der Waals surface area contributed by atoms with E-state index in [9.17, 15) is 14.4 Å². The van der Waals surface area contributed by atoms with Gasteiger partial charge >= 0.3 is 5.97 Å². The predicted molar refractivity (Wildman–Crippen MR) is 47.4 cm³/mol. The minimum atomic E-state index is -0.846. The molecule has 0 aliphatic heterocycles. The zero-order valence-electron chi connectivity index (χ0n) is 8.25. The highest BCUT2D eigenvalue weighted by atomic mass is 16.5. The first-order chi connectivity index (χ1) is 6.50. The van der Waals surface area contributed by atoms with Crippen LogP contribution in [-0.2, 0) is 19.1 Å². The number of amides is 1. The van der Waals surface area contributed by atoms with Crippen LogP contribution in [0.2, 0.25) is 0 Å². The van der Waals surface area contributed by atoms with Crippen molar-refractivity contribution in [3.8, 4) is 0 Å². The predicted octanol–water partition coefficient (Wildman–Crippen LogP) is -0.213. The third-order valence-corrected chi connectivity index (χ3v) is 2.11. The SMILES string of the molecule is COC(=O)C1(NC(=O)CC(C)=O)CC1. The number of Topliss-reactive ketones (excluding diaryl/α,β-unsaturated/α-hetero) is 1. The molecular weight excluding hydrogens is 186 g/mol. The van der Waals surface area contributed by atoms with Gasteiger partial charge in [-0.3, -0.25) is 9.59 Å². The molecule has 0 radical (unpaired) electrons. The lowest BCUT2D eigenvalue weighted by atomic mass is 10.2. The minimum absolute atomic E-state index is 0.182. The number of ether oxygens (including phenoxy) is 1. The monoisotopic (exact) mass is 199 g/mol. The second-order valence-corrected chi connectivity index (χ2v) is 3.50. The second-order valence-electron chi connectivity index (χ2n) is 3.50. The minimum Gasteiger partial charge on any atom is -0.467 e. The number of ketones is 1. The quantitative estimate of drug-likeness (QED) is 0.502. The van der Waals surface area contributed by atoms with Crippen molar-refractivity contribution in [1.29, 1.82) is 0 Å². The molecule has 0 aromatic carbocycles. The summed E-state index contributed by atoms with van der Waals surface area (Å²) < 4.78 is 4.54. The van der Waals surface area contributed by atoms with Gasteiger partial charge < -0.3 is 10.1 Å². The van der Waals surface area contributed by atoms with E-state index in [4.69, 9.17) is 0 Å². The molecule has 1 amide bonds. The average Bonchev–Trinajstić information content (AvgIpc) is 2.82. The molecule has 1 fully saturated rings. The van der Waals surface area contributed by atoms with Gasteiger partial charge in [-0.05, 0) is 19.8 Å². The average molecular weight is 199 g/mol. The van der Waals surface area contributed by atoms with E-state index in [1.54, 1.807) is 0 Å². The van der Waals surface area contributed by atoms with Gasteiger partial charge in [0.05, 0.1) is 13.5 Å². The summed E-state index contributed by atoms with van der Waals surface area (Å²) in [5, 5.41) is 2.52. The molecule has 0 atom stereocenters. The van der Waals surface area contributed by atoms with Crippen LogP contribution in [0.3, 0.4) is 0 Å². The van der Waals surface area contributed by atoms with E-state index >= 15 is 0 Å². The summed E-state index contributed by atoms with van der Waals surface area (Å²) in [5.41, 5.74) is -0.846. The van der Waals surface area contributed by atoms with E-state index in [1.165, 1.54) is 14.0 Å². The van der Waals surface area contributed by atoms with E-state index in [1.807, 2.05) is 0 Å². The summed E-state index contributed by atoms with van der Waals surface area (Å²) in [4.78, 5) is 33.0. The number of esters is 1. The van der Waals surface area contributed by atoms with Crippen LogP contribution in [0, 0.1) is 0 Å². The largest absolute Gasteiger partial charge is 0.467 e. The van der Waals surface area contributed by atoms with Crippen LogP contribution < -0.4 is 5.32 Å². The Morgan fingerprint density at radius 3 is 2.29 bits per heavy atom. The molecule has 5 heteroatoms. The smallest absolute Gasteiger partial charge is 0.331 e.